The van der Waals surface area contributed by atoms with Gasteiger partial charge in [-0.05, 0) is 102 Å². The van der Waals surface area contributed by atoms with Crippen LogP contribution in [-0.4, -0.2) is 88.3 Å². The Labute approximate surface area is 252 Å². The Bertz CT molecular complexity index is 1040. The predicted octanol–water partition coefficient (Wildman–Crippen LogP) is 4.72. The lowest BCUT2D eigenvalue weighted by Crippen LogP contribution is -2.47. The first-order valence-electron chi connectivity index (χ1n) is 15.6. The third kappa shape index (κ3) is 8.86. The van der Waals surface area contributed by atoms with Crippen LogP contribution in [0.2, 0.25) is 0 Å². The molecule has 42 heavy (non-hydrogen) atoms. The van der Waals surface area contributed by atoms with Gasteiger partial charge in [0.05, 0.1) is 37.5 Å². The van der Waals surface area contributed by atoms with E-state index in [0.717, 1.165) is 114 Å². The number of carbonyl (C=O) groups excluding carboxylic acids is 2. The number of unbranched alkanes of at least 4 members (excludes halogenated alkanes) is 3. The molecule has 0 atom stereocenters. The van der Waals surface area contributed by atoms with Gasteiger partial charge >= 0.3 is 0 Å². The molecular weight excluding hydrogens is 528 g/mol. The Balaban J connectivity index is 1.11. The normalized spacial score (nSPS) is 16.5. The average Bonchev–Trinajstić information content (AvgIpc) is 3.02. The van der Waals surface area contributed by atoms with Gasteiger partial charge in [-0.15, -0.1) is 0 Å². The zero-order valence-corrected chi connectivity index (χ0v) is 26.0. The molecule has 2 aromatic rings. The van der Waals surface area contributed by atoms with Crippen molar-refractivity contribution in [2.24, 2.45) is 0 Å². The minimum Gasteiger partial charge on any atom is -0.378 e. The Morgan fingerprint density at radius 3 is 1.26 bits per heavy atom. The predicted molar refractivity (Wildman–Crippen MR) is 170 cm³/mol. The van der Waals surface area contributed by atoms with E-state index in [1.807, 2.05) is 76.2 Å². The zero-order chi connectivity index (χ0) is 30.0. The molecular formula is C34H50N4O4. The van der Waals surface area contributed by atoms with Gasteiger partial charge in [0.15, 0.2) is 11.6 Å². The van der Waals surface area contributed by atoms with E-state index in [1.165, 1.54) is 0 Å². The van der Waals surface area contributed by atoms with Crippen LogP contribution in [0.25, 0.3) is 0 Å². The number of benzene rings is 2. The fraction of sp³-hybridized carbons (Fsp3) is 0.588. The van der Waals surface area contributed by atoms with Gasteiger partial charge in [0.2, 0.25) is 0 Å². The molecule has 0 aliphatic carbocycles. The Kier molecular flexibility index (Phi) is 11.6. The van der Waals surface area contributed by atoms with Crippen molar-refractivity contribution in [2.45, 2.75) is 64.5 Å². The molecule has 0 aromatic heterocycles. The second-order valence-electron chi connectivity index (χ2n) is 12.5. The third-order valence-corrected chi connectivity index (χ3v) is 8.38. The summed E-state index contributed by atoms with van der Waals surface area (Å²) >= 11 is 0. The molecule has 2 heterocycles. The molecule has 2 aliphatic heterocycles. The van der Waals surface area contributed by atoms with E-state index in [2.05, 4.69) is 20.4 Å². The number of morpholine rings is 2. The van der Waals surface area contributed by atoms with Crippen LogP contribution in [0.4, 0.5) is 11.4 Å². The van der Waals surface area contributed by atoms with Gasteiger partial charge in [-0.1, -0.05) is 12.8 Å². The largest absolute Gasteiger partial charge is 0.378 e. The van der Waals surface area contributed by atoms with Crippen LogP contribution in [0.5, 0.6) is 0 Å². The first-order valence-corrected chi connectivity index (χ1v) is 15.6. The van der Waals surface area contributed by atoms with Crippen LogP contribution in [0, 0.1) is 0 Å². The molecule has 0 amide bonds. The molecule has 8 heteroatoms. The molecule has 4 rings (SSSR count). The summed E-state index contributed by atoms with van der Waals surface area (Å²) in [6.07, 6.45) is 4.16. The van der Waals surface area contributed by atoms with Crippen molar-refractivity contribution >= 4 is 22.9 Å². The maximum atomic E-state index is 13.2. The number of anilines is 2. The fourth-order valence-electron chi connectivity index (χ4n) is 5.58. The van der Waals surface area contributed by atoms with Crippen LogP contribution < -0.4 is 20.4 Å². The lowest BCUT2D eigenvalue weighted by molar-refractivity contribution is 0.0875. The smallest absolute Gasteiger partial charge is 0.182 e. The fourth-order valence-corrected chi connectivity index (χ4v) is 5.58. The molecule has 0 spiro atoms. The Hall–Kier alpha value is -2.78. The van der Waals surface area contributed by atoms with Crippen molar-refractivity contribution in [3.8, 4) is 0 Å². The summed E-state index contributed by atoms with van der Waals surface area (Å²) in [6.45, 7) is 16.0. The highest BCUT2D eigenvalue weighted by atomic mass is 16.5. The second kappa shape index (κ2) is 15.1. The summed E-state index contributed by atoms with van der Waals surface area (Å²) in [5.41, 5.74) is 2.52. The first kappa shape index (κ1) is 32.1. The monoisotopic (exact) mass is 578 g/mol. The van der Waals surface area contributed by atoms with Gasteiger partial charge in [0.25, 0.3) is 0 Å². The average molecular weight is 579 g/mol. The van der Waals surface area contributed by atoms with Crippen molar-refractivity contribution in [2.75, 3.05) is 75.5 Å². The van der Waals surface area contributed by atoms with Crippen molar-refractivity contribution in [1.82, 2.24) is 10.6 Å². The quantitative estimate of drug-likeness (QED) is 0.232. The number of hydrogen-bond acceptors (Lipinski definition) is 8. The van der Waals surface area contributed by atoms with E-state index >= 15 is 0 Å². The molecule has 230 valence electrons. The van der Waals surface area contributed by atoms with Gasteiger partial charge in [-0.3, -0.25) is 9.59 Å². The molecule has 0 saturated carbocycles. The molecule has 8 nitrogen and oxygen atoms in total. The summed E-state index contributed by atoms with van der Waals surface area (Å²) in [6, 6.07) is 15.9. The second-order valence-corrected chi connectivity index (χ2v) is 12.5. The number of ketones is 2. The van der Waals surface area contributed by atoms with Crippen molar-refractivity contribution < 1.29 is 19.1 Å². The lowest BCUT2D eigenvalue weighted by Gasteiger charge is -2.29. The van der Waals surface area contributed by atoms with E-state index < -0.39 is 11.1 Å². The highest BCUT2D eigenvalue weighted by Crippen LogP contribution is 2.21. The summed E-state index contributed by atoms with van der Waals surface area (Å²) in [4.78, 5) is 30.9. The topological polar surface area (TPSA) is 83.1 Å². The molecule has 2 N–H and O–H groups in total. The highest BCUT2D eigenvalue weighted by Gasteiger charge is 2.29. The number of carbonyl (C=O) groups is 2. The molecule has 0 bridgehead atoms. The summed E-state index contributed by atoms with van der Waals surface area (Å²) in [7, 11) is 0. The molecule has 0 unspecified atom stereocenters. The van der Waals surface area contributed by atoms with Gasteiger partial charge in [-0.2, -0.15) is 0 Å². The van der Waals surface area contributed by atoms with Crippen LogP contribution in [0.3, 0.4) is 0 Å². The van der Waals surface area contributed by atoms with Gasteiger partial charge in [0, 0.05) is 48.7 Å². The summed E-state index contributed by atoms with van der Waals surface area (Å²) in [5, 5.41) is 6.92. The first-order chi connectivity index (χ1) is 20.2. The standard InChI is InChI=1S/C34H50N4O4/c1-33(2,31(39)27-9-13-29(14-10-27)37-19-23-41-24-20-37)35-17-7-5-6-8-18-36-34(3,4)32(40)28-11-15-30(16-12-28)38-21-25-42-26-22-38/h9-16,35-36H,5-8,17-26H2,1-4H3. The molecule has 0 radical (unpaired) electrons. The molecule has 2 aliphatic rings. The van der Waals surface area contributed by atoms with Crippen molar-refractivity contribution in [1.29, 1.82) is 0 Å². The van der Waals surface area contributed by atoms with E-state index in [9.17, 15) is 9.59 Å². The maximum Gasteiger partial charge on any atom is 0.182 e. The summed E-state index contributed by atoms with van der Waals surface area (Å²) < 4.78 is 10.9. The number of nitrogens with zero attached hydrogens (tertiary/aromatic N) is 2. The van der Waals surface area contributed by atoms with Crippen LogP contribution >= 0.6 is 0 Å². The van der Waals surface area contributed by atoms with E-state index in [1.54, 1.807) is 0 Å². The number of Topliss-reactive ketones (excluding diaryl/α,β-unsaturated/α-hetero) is 2. The SMILES string of the molecule is CC(C)(NCCCCCCNC(C)(C)C(=O)c1ccc(N2CCOCC2)cc1)C(=O)c1ccc(N2CCOCC2)cc1. The van der Waals surface area contributed by atoms with E-state index in [0.29, 0.717) is 0 Å². The van der Waals surface area contributed by atoms with Crippen LogP contribution in [0.15, 0.2) is 48.5 Å². The van der Waals surface area contributed by atoms with Crippen LogP contribution in [0.1, 0.15) is 74.1 Å². The highest BCUT2D eigenvalue weighted by molar-refractivity contribution is 6.03. The maximum absolute atomic E-state index is 13.2. The van der Waals surface area contributed by atoms with Gasteiger partial charge in [0.1, 0.15) is 0 Å². The van der Waals surface area contributed by atoms with Gasteiger partial charge in [-0.25, -0.2) is 0 Å². The number of hydrogen-bond donors (Lipinski definition) is 2. The minimum absolute atomic E-state index is 0.114. The Morgan fingerprint density at radius 2 is 0.929 bits per heavy atom. The van der Waals surface area contributed by atoms with Crippen molar-refractivity contribution in [3.05, 3.63) is 59.7 Å². The zero-order valence-electron chi connectivity index (χ0n) is 26.0. The Morgan fingerprint density at radius 1 is 0.595 bits per heavy atom. The molecule has 2 fully saturated rings. The van der Waals surface area contributed by atoms with E-state index in [4.69, 9.17) is 9.47 Å². The molecule has 2 aromatic carbocycles. The number of ether oxygens (including phenoxy) is 2. The third-order valence-electron chi connectivity index (χ3n) is 8.38. The molecule has 2 saturated heterocycles. The number of nitrogens with one attached hydrogen (secondary N) is 2. The lowest BCUT2D eigenvalue weighted by atomic mass is 9.92. The minimum atomic E-state index is -0.618. The van der Waals surface area contributed by atoms with Gasteiger partial charge < -0.3 is 29.9 Å². The summed E-state index contributed by atoms with van der Waals surface area (Å²) in [5.74, 6) is 0.228. The van der Waals surface area contributed by atoms with Crippen LogP contribution in [-0.2, 0) is 9.47 Å². The van der Waals surface area contributed by atoms with E-state index in [-0.39, 0.29) is 11.6 Å². The van der Waals surface area contributed by atoms with Crippen molar-refractivity contribution in [3.63, 3.8) is 0 Å². The number of rotatable bonds is 15.